The molecule has 1 aliphatic heterocycles. The summed E-state index contributed by atoms with van der Waals surface area (Å²) in [6.07, 6.45) is 6.29. The lowest BCUT2D eigenvalue weighted by atomic mass is 10.0. The molecule has 0 aliphatic carbocycles. The first-order valence-electron chi connectivity index (χ1n) is 6.76. The van der Waals surface area contributed by atoms with Crippen molar-refractivity contribution in [1.82, 2.24) is 16.0 Å². The quantitative estimate of drug-likeness (QED) is 0.662. The number of rotatable bonds is 2. The van der Waals surface area contributed by atoms with Gasteiger partial charge in [-0.1, -0.05) is 19.9 Å². The summed E-state index contributed by atoms with van der Waals surface area (Å²) in [5.74, 6) is -0.164. The highest BCUT2D eigenvalue weighted by molar-refractivity contribution is 5.88. The Morgan fingerprint density at radius 3 is 2.75 bits per heavy atom. The summed E-state index contributed by atoms with van der Waals surface area (Å²) in [5.41, 5.74) is 0. The Labute approximate surface area is 119 Å². The van der Waals surface area contributed by atoms with Gasteiger partial charge in [0.05, 0.1) is 12.8 Å². The van der Waals surface area contributed by atoms with Gasteiger partial charge in [0.2, 0.25) is 11.8 Å². The van der Waals surface area contributed by atoms with Crippen LogP contribution in [0.5, 0.6) is 0 Å². The molecule has 20 heavy (non-hydrogen) atoms. The summed E-state index contributed by atoms with van der Waals surface area (Å²) in [7, 11) is 1.71. The zero-order valence-corrected chi connectivity index (χ0v) is 12.2. The van der Waals surface area contributed by atoms with Crippen LogP contribution in [0.3, 0.4) is 0 Å². The first kappa shape index (κ1) is 16.2. The molecule has 2 atom stereocenters. The van der Waals surface area contributed by atoms with Crippen molar-refractivity contribution in [3.8, 4) is 0 Å². The van der Waals surface area contributed by atoms with Gasteiger partial charge in [0.1, 0.15) is 12.6 Å². The molecule has 6 heteroatoms. The van der Waals surface area contributed by atoms with Gasteiger partial charge >= 0.3 is 0 Å². The fourth-order valence-electron chi connectivity index (χ4n) is 1.69. The van der Waals surface area contributed by atoms with Crippen molar-refractivity contribution in [1.29, 1.82) is 0 Å². The van der Waals surface area contributed by atoms with Gasteiger partial charge in [-0.15, -0.1) is 0 Å². The van der Waals surface area contributed by atoms with E-state index in [4.69, 9.17) is 4.74 Å². The zero-order chi connectivity index (χ0) is 15.0. The predicted molar refractivity (Wildman–Crippen MR) is 76.9 cm³/mol. The SMILES string of the molecule is CNC1C=COCCNC(=O)C=CC(C(C)C)NC1=O. The fraction of sp³-hybridized carbons (Fsp3) is 0.571. The van der Waals surface area contributed by atoms with Crippen LogP contribution in [0.15, 0.2) is 24.5 Å². The lowest BCUT2D eigenvalue weighted by Gasteiger charge is -2.21. The number of ether oxygens (including phenoxy) is 1. The van der Waals surface area contributed by atoms with E-state index in [1.165, 1.54) is 12.3 Å². The highest BCUT2D eigenvalue weighted by Crippen LogP contribution is 2.04. The van der Waals surface area contributed by atoms with Gasteiger partial charge in [-0.2, -0.15) is 0 Å². The lowest BCUT2D eigenvalue weighted by Crippen LogP contribution is -2.47. The minimum Gasteiger partial charge on any atom is -0.500 e. The first-order valence-corrected chi connectivity index (χ1v) is 6.76. The van der Waals surface area contributed by atoms with E-state index >= 15 is 0 Å². The standard InChI is InChI=1S/C14H23N3O3/c1-10(2)11-4-5-13(18)16-7-9-20-8-6-12(15-3)14(19)17-11/h4-6,8,10-12,15H,7,9H2,1-3H3,(H,16,18)(H,17,19). The molecule has 0 radical (unpaired) electrons. The van der Waals surface area contributed by atoms with Crippen LogP contribution in [0.1, 0.15) is 13.8 Å². The largest absolute Gasteiger partial charge is 0.500 e. The van der Waals surface area contributed by atoms with Crippen LogP contribution in [0.2, 0.25) is 0 Å². The molecule has 0 aromatic carbocycles. The molecular formula is C14H23N3O3. The Morgan fingerprint density at radius 1 is 1.35 bits per heavy atom. The summed E-state index contributed by atoms with van der Waals surface area (Å²) in [6.45, 7) is 4.75. The Kier molecular flexibility index (Phi) is 6.79. The summed E-state index contributed by atoms with van der Waals surface area (Å²) >= 11 is 0. The van der Waals surface area contributed by atoms with Crippen LogP contribution in [0.25, 0.3) is 0 Å². The highest BCUT2D eigenvalue weighted by Gasteiger charge is 2.19. The molecule has 1 heterocycles. The fourth-order valence-corrected chi connectivity index (χ4v) is 1.69. The van der Waals surface area contributed by atoms with E-state index in [9.17, 15) is 9.59 Å². The number of hydrogen-bond donors (Lipinski definition) is 3. The van der Waals surface area contributed by atoms with E-state index in [0.717, 1.165) is 0 Å². The third-order valence-corrected chi connectivity index (χ3v) is 2.96. The molecule has 2 unspecified atom stereocenters. The van der Waals surface area contributed by atoms with Gasteiger partial charge in [-0.25, -0.2) is 0 Å². The van der Waals surface area contributed by atoms with E-state index in [0.29, 0.717) is 13.2 Å². The number of hydrogen-bond acceptors (Lipinski definition) is 4. The first-order chi connectivity index (χ1) is 9.54. The smallest absolute Gasteiger partial charge is 0.243 e. The van der Waals surface area contributed by atoms with Crippen molar-refractivity contribution in [3.63, 3.8) is 0 Å². The minimum atomic E-state index is -0.464. The molecule has 1 rings (SSSR count). The Morgan fingerprint density at radius 2 is 2.10 bits per heavy atom. The van der Waals surface area contributed by atoms with E-state index in [2.05, 4.69) is 16.0 Å². The normalized spacial score (nSPS) is 25.0. The van der Waals surface area contributed by atoms with E-state index in [1.54, 1.807) is 19.2 Å². The van der Waals surface area contributed by atoms with Gasteiger partial charge in [-0.3, -0.25) is 9.59 Å². The van der Waals surface area contributed by atoms with Crippen LogP contribution in [-0.4, -0.2) is 44.1 Å². The summed E-state index contributed by atoms with van der Waals surface area (Å²) in [6, 6.07) is -0.659. The van der Waals surface area contributed by atoms with Gasteiger partial charge in [0.25, 0.3) is 0 Å². The molecule has 0 spiro atoms. The topological polar surface area (TPSA) is 79.5 Å². The molecule has 2 amide bonds. The Balaban J connectivity index is 2.87. The Bertz CT molecular complexity index is 391. The summed E-state index contributed by atoms with van der Waals surface area (Å²) in [4.78, 5) is 23.7. The van der Waals surface area contributed by atoms with Crippen molar-refractivity contribution < 1.29 is 14.3 Å². The average Bonchev–Trinajstić information content (AvgIpc) is 2.42. The van der Waals surface area contributed by atoms with Crippen LogP contribution in [-0.2, 0) is 14.3 Å². The number of carbonyl (C=O) groups excluding carboxylic acids is 2. The number of likely N-dealkylation sites (N-methyl/N-ethyl adjacent to an activating group) is 1. The maximum Gasteiger partial charge on any atom is 0.243 e. The van der Waals surface area contributed by atoms with Crippen molar-refractivity contribution >= 4 is 11.8 Å². The van der Waals surface area contributed by atoms with E-state index < -0.39 is 6.04 Å². The van der Waals surface area contributed by atoms with E-state index in [-0.39, 0.29) is 23.8 Å². The van der Waals surface area contributed by atoms with Crippen molar-refractivity contribution in [2.45, 2.75) is 25.9 Å². The molecule has 0 saturated carbocycles. The second kappa shape index (κ2) is 8.37. The third kappa shape index (κ3) is 5.44. The minimum absolute atomic E-state index is 0.157. The van der Waals surface area contributed by atoms with Crippen molar-refractivity contribution in [2.24, 2.45) is 5.92 Å². The number of nitrogens with one attached hydrogen (secondary N) is 3. The third-order valence-electron chi connectivity index (χ3n) is 2.96. The molecule has 6 nitrogen and oxygen atoms in total. The van der Waals surface area contributed by atoms with Crippen molar-refractivity contribution in [2.75, 3.05) is 20.2 Å². The van der Waals surface area contributed by atoms with Gasteiger partial charge in [-0.05, 0) is 19.0 Å². The summed E-state index contributed by atoms with van der Waals surface area (Å²) < 4.78 is 5.21. The molecule has 3 N–H and O–H groups in total. The maximum absolute atomic E-state index is 12.1. The van der Waals surface area contributed by atoms with Crippen LogP contribution >= 0.6 is 0 Å². The van der Waals surface area contributed by atoms with Crippen LogP contribution in [0, 0.1) is 5.92 Å². The van der Waals surface area contributed by atoms with Gasteiger partial charge in [0.15, 0.2) is 0 Å². The second-order valence-corrected chi connectivity index (χ2v) is 4.89. The molecular weight excluding hydrogens is 258 g/mol. The highest BCUT2D eigenvalue weighted by atomic mass is 16.5. The molecule has 0 fully saturated rings. The number of carbonyl (C=O) groups is 2. The molecule has 1 aliphatic rings. The van der Waals surface area contributed by atoms with Crippen LogP contribution < -0.4 is 16.0 Å². The second-order valence-electron chi connectivity index (χ2n) is 4.89. The van der Waals surface area contributed by atoms with Crippen LogP contribution in [0.4, 0.5) is 0 Å². The zero-order valence-electron chi connectivity index (χ0n) is 12.2. The molecule has 0 aromatic heterocycles. The summed E-state index contributed by atoms with van der Waals surface area (Å²) in [5, 5.41) is 8.51. The van der Waals surface area contributed by atoms with Gasteiger partial charge in [0, 0.05) is 12.1 Å². The monoisotopic (exact) mass is 281 g/mol. The Hall–Kier alpha value is -1.82. The lowest BCUT2D eigenvalue weighted by molar-refractivity contribution is -0.122. The molecule has 0 aromatic rings. The van der Waals surface area contributed by atoms with Gasteiger partial charge < -0.3 is 20.7 Å². The predicted octanol–water partition coefficient (Wildman–Crippen LogP) is -0.0685. The maximum atomic E-state index is 12.1. The molecule has 0 saturated heterocycles. The van der Waals surface area contributed by atoms with Crippen molar-refractivity contribution in [3.05, 3.63) is 24.5 Å². The average molecular weight is 281 g/mol. The molecule has 0 bridgehead atoms. The molecule has 112 valence electrons. The number of amides is 2. The van der Waals surface area contributed by atoms with E-state index in [1.807, 2.05) is 13.8 Å².